The number of methoxy groups -OCH3 is 1. The van der Waals surface area contributed by atoms with Crippen LogP contribution < -0.4 is 5.32 Å². The number of hydrogen-bond acceptors (Lipinski definition) is 4. The van der Waals surface area contributed by atoms with Gasteiger partial charge in [-0.3, -0.25) is 0 Å². The van der Waals surface area contributed by atoms with E-state index in [1.807, 2.05) is 0 Å². The third-order valence-corrected chi connectivity index (χ3v) is 4.97. The minimum atomic E-state index is 0.190. The van der Waals surface area contributed by atoms with Crippen LogP contribution in [0.3, 0.4) is 0 Å². The molecule has 3 unspecified atom stereocenters. The predicted octanol–water partition coefficient (Wildman–Crippen LogP) is 2.75. The smallest absolute Gasteiger partial charge is 0.0991 e. The van der Waals surface area contributed by atoms with Gasteiger partial charge in [0.15, 0.2) is 0 Å². The Morgan fingerprint density at radius 3 is 2.48 bits per heavy atom. The Labute approximate surface area is 129 Å². The Kier molecular flexibility index (Phi) is 6.48. The molecule has 0 saturated heterocycles. The zero-order valence-corrected chi connectivity index (χ0v) is 14.2. The van der Waals surface area contributed by atoms with Gasteiger partial charge in [-0.05, 0) is 44.1 Å². The largest absolute Gasteiger partial charge is 0.382 e. The Hall–Kier alpha value is -0.160. The Morgan fingerprint density at radius 1 is 1.14 bits per heavy atom. The molecule has 0 bridgehead atoms. The van der Waals surface area contributed by atoms with Crippen LogP contribution in [0.1, 0.15) is 52.9 Å². The molecule has 0 amide bonds. The molecule has 0 heterocycles. The SMILES string of the molecule is CCNC1CC(OC2CCC(C)(C)CC2)C1OCCOC. The van der Waals surface area contributed by atoms with Crippen LogP contribution in [0.4, 0.5) is 0 Å². The summed E-state index contributed by atoms with van der Waals surface area (Å²) < 4.78 is 17.4. The summed E-state index contributed by atoms with van der Waals surface area (Å²) in [7, 11) is 1.71. The normalized spacial score (nSPS) is 32.9. The highest BCUT2D eigenvalue weighted by atomic mass is 16.6. The zero-order valence-electron chi connectivity index (χ0n) is 14.2. The molecular weight excluding hydrogens is 266 g/mol. The van der Waals surface area contributed by atoms with Gasteiger partial charge in [-0.1, -0.05) is 20.8 Å². The van der Waals surface area contributed by atoms with E-state index < -0.39 is 0 Å². The number of nitrogens with one attached hydrogen (secondary N) is 1. The maximum Gasteiger partial charge on any atom is 0.0991 e. The van der Waals surface area contributed by atoms with Gasteiger partial charge in [0.05, 0.1) is 31.5 Å². The van der Waals surface area contributed by atoms with Crippen LogP contribution in [0.5, 0.6) is 0 Å². The molecule has 2 saturated carbocycles. The second-order valence-electron chi connectivity index (χ2n) is 7.27. The molecule has 1 N–H and O–H groups in total. The van der Waals surface area contributed by atoms with E-state index in [0.29, 0.717) is 30.8 Å². The second kappa shape index (κ2) is 7.91. The number of hydrogen-bond donors (Lipinski definition) is 1. The van der Waals surface area contributed by atoms with Gasteiger partial charge < -0.3 is 19.5 Å². The Bertz CT molecular complexity index is 298. The minimum absolute atomic E-state index is 0.190. The van der Waals surface area contributed by atoms with Crippen molar-refractivity contribution in [2.45, 2.75) is 77.2 Å². The lowest BCUT2D eigenvalue weighted by molar-refractivity contribution is -0.178. The molecule has 0 aliphatic heterocycles. The summed E-state index contributed by atoms with van der Waals surface area (Å²) >= 11 is 0. The van der Waals surface area contributed by atoms with E-state index in [0.717, 1.165) is 13.0 Å². The van der Waals surface area contributed by atoms with Crippen LogP contribution in [0.25, 0.3) is 0 Å². The van der Waals surface area contributed by atoms with Crippen molar-refractivity contribution in [2.75, 3.05) is 26.9 Å². The van der Waals surface area contributed by atoms with Crippen molar-refractivity contribution in [3.05, 3.63) is 0 Å². The Morgan fingerprint density at radius 2 is 1.86 bits per heavy atom. The summed E-state index contributed by atoms with van der Waals surface area (Å²) in [5.74, 6) is 0. The van der Waals surface area contributed by atoms with E-state index in [2.05, 4.69) is 26.1 Å². The molecule has 2 aliphatic carbocycles. The summed E-state index contributed by atoms with van der Waals surface area (Å²) in [4.78, 5) is 0. The van der Waals surface area contributed by atoms with Crippen molar-refractivity contribution in [3.8, 4) is 0 Å². The van der Waals surface area contributed by atoms with Crippen molar-refractivity contribution >= 4 is 0 Å². The average Bonchev–Trinajstić information content (AvgIpc) is 2.44. The van der Waals surface area contributed by atoms with E-state index in [1.165, 1.54) is 25.7 Å². The molecule has 0 aromatic carbocycles. The molecule has 4 heteroatoms. The number of ether oxygens (including phenoxy) is 3. The molecule has 0 aromatic heterocycles. The van der Waals surface area contributed by atoms with Gasteiger partial charge in [-0.25, -0.2) is 0 Å². The van der Waals surface area contributed by atoms with Crippen molar-refractivity contribution < 1.29 is 14.2 Å². The fraction of sp³-hybridized carbons (Fsp3) is 1.00. The molecule has 124 valence electrons. The number of likely N-dealkylation sites (N-methyl/N-ethyl adjacent to an activating group) is 1. The zero-order chi connectivity index (χ0) is 15.3. The van der Waals surface area contributed by atoms with Gasteiger partial charge in [0, 0.05) is 13.2 Å². The third kappa shape index (κ3) is 4.92. The molecule has 3 atom stereocenters. The number of rotatable bonds is 8. The van der Waals surface area contributed by atoms with Crippen LogP contribution in [0, 0.1) is 5.41 Å². The summed E-state index contributed by atoms with van der Waals surface area (Å²) in [5, 5.41) is 3.49. The first kappa shape index (κ1) is 17.2. The molecule has 2 rings (SSSR count). The molecule has 0 radical (unpaired) electrons. The van der Waals surface area contributed by atoms with Gasteiger partial charge in [-0.2, -0.15) is 0 Å². The van der Waals surface area contributed by atoms with Crippen molar-refractivity contribution in [1.82, 2.24) is 5.32 Å². The summed E-state index contributed by atoms with van der Waals surface area (Å²) in [6, 6.07) is 0.442. The van der Waals surface area contributed by atoms with Crippen LogP contribution in [0.2, 0.25) is 0 Å². The highest BCUT2D eigenvalue weighted by Gasteiger charge is 2.44. The van der Waals surface area contributed by atoms with Gasteiger partial charge in [0.1, 0.15) is 0 Å². The first-order valence-corrected chi connectivity index (χ1v) is 8.55. The second-order valence-corrected chi connectivity index (χ2v) is 7.27. The van der Waals surface area contributed by atoms with Crippen molar-refractivity contribution in [3.63, 3.8) is 0 Å². The summed E-state index contributed by atoms with van der Waals surface area (Å²) in [6.07, 6.45) is 6.89. The molecule has 0 spiro atoms. The molecule has 2 fully saturated rings. The van der Waals surface area contributed by atoms with Gasteiger partial charge >= 0.3 is 0 Å². The van der Waals surface area contributed by atoms with E-state index in [1.54, 1.807) is 7.11 Å². The monoisotopic (exact) mass is 299 g/mol. The van der Waals surface area contributed by atoms with Crippen molar-refractivity contribution in [1.29, 1.82) is 0 Å². The van der Waals surface area contributed by atoms with E-state index in [9.17, 15) is 0 Å². The van der Waals surface area contributed by atoms with Gasteiger partial charge in [0.25, 0.3) is 0 Å². The molecular formula is C17H33NO3. The standard InChI is InChI=1S/C17H33NO3/c1-5-18-14-12-15(16(14)20-11-10-19-4)21-13-6-8-17(2,3)9-7-13/h13-16,18H,5-12H2,1-4H3. The molecule has 2 aliphatic rings. The lowest BCUT2D eigenvalue weighted by atomic mass is 9.76. The van der Waals surface area contributed by atoms with Crippen LogP contribution >= 0.6 is 0 Å². The predicted molar refractivity (Wildman–Crippen MR) is 84.6 cm³/mol. The first-order chi connectivity index (χ1) is 10.1. The fourth-order valence-electron chi connectivity index (χ4n) is 3.42. The molecule has 0 aromatic rings. The average molecular weight is 299 g/mol. The van der Waals surface area contributed by atoms with Crippen LogP contribution in [-0.4, -0.2) is 51.2 Å². The molecule has 21 heavy (non-hydrogen) atoms. The first-order valence-electron chi connectivity index (χ1n) is 8.55. The summed E-state index contributed by atoms with van der Waals surface area (Å²) in [6.45, 7) is 9.16. The summed E-state index contributed by atoms with van der Waals surface area (Å²) in [5.41, 5.74) is 0.500. The van der Waals surface area contributed by atoms with Gasteiger partial charge in [-0.15, -0.1) is 0 Å². The highest BCUT2D eigenvalue weighted by Crippen LogP contribution is 2.38. The lowest BCUT2D eigenvalue weighted by Gasteiger charge is -2.47. The van der Waals surface area contributed by atoms with Crippen molar-refractivity contribution in [2.24, 2.45) is 5.41 Å². The van der Waals surface area contributed by atoms with E-state index >= 15 is 0 Å². The van der Waals surface area contributed by atoms with Crippen LogP contribution in [-0.2, 0) is 14.2 Å². The topological polar surface area (TPSA) is 39.7 Å². The van der Waals surface area contributed by atoms with E-state index in [4.69, 9.17) is 14.2 Å². The fourth-order valence-corrected chi connectivity index (χ4v) is 3.42. The molecule has 4 nitrogen and oxygen atoms in total. The maximum atomic E-state index is 6.33. The lowest BCUT2D eigenvalue weighted by Crippen LogP contribution is -2.61. The third-order valence-electron chi connectivity index (χ3n) is 4.97. The highest BCUT2D eigenvalue weighted by molar-refractivity contribution is 4.98. The van der Waals surface area contributed by atoms with Crippen LogP contribution in [0.15, 0.2) is 0 Å². The van der Waals surface area contributed by atoms with E-state index in [-0.39, 0.29) is 12.2 Å². The quantitative estimate of drug-likeness (QED) is 0.700. The maximum absolute atomic E-state index is 6.33. The Balaban J connectivity index is 1.76. The van der Waals surface area contributed by atoms with Gasteiger partial charge in [0.2, 0.25) is 0 Å². The minimum Gasteiger partial charge on any atom is -0.382 e.